The number of anilines is 1. The summed E-state index contributed by atoms with van der Waals surface area (Å²) in [5.41, 5.74) is 3.87. The maximum absolute atomic E-state index is 10.0. The Morgan fingerprint density at radius 2 is 1.94 bits per heavy atom. The topological polar surface area (TPSA) is 36.4 Å². The largest absolute Gasteiger partial charge is 0.506 e. The third-order valence-electron chi connectivity index (χ3n) is 3.33. The summed E-state index contributed by atoms with van der Waals surface area (Å²) in [5.74, 6) is 0.323. The highest BCUT2D eigenvalue weighted by atomic mass is 35.5. The molecule has 18 heavy (non-hydrogen) atoms. The predicted octanol–water partition coefficient (Wildman–Crippen LogP) is 3.27. The van der Waals surface area contributed by atoms with Crippen molar-refractivity contribution in [3.8, 4) is 5.75 Å². The fraction of sp³-hybridized carbons (Fsp3) is 0.214. The highest BCUT2D eigenvalue weighted by molar-refractivity contribution is 6.30. The van der Waals surface area contributed by atoms with E-state index >= 15 is 0 Å². The summed E-state index contributed by atoms with van der Waals surface area (Å²) in [4.78, 5) is 6.39. The van der Waals surface area contributed by atoms with E-state index in [4.69, 9.17) is 11.6 Å². The molecule has 0 amide bonds. The molecule has 0 unspecified atom stereocenters. The quantitative estimate of drug-likeness (QED) is 0.855. The maximum atomic E-state index is 10.0. The zero-order valence-corrected chi connectivity index (χ0v) is 10.8. The molecular formula is C14H13ClN2O. The molecule has 0 bridgehead atoms. The molecule has 0 saturated heterocycles. The van der Waals surface area contributed by atoms with Crippen molar-refractivity contribution in [1.82, 2.24) is 4.98 Å². The smallest absolute Gasteiger partial charge is 0.142 e. The first-order valence-electron chi connectivity index (χ1n) is 5.82. The minimum absolute atomic E-state index is 0.323. The number of aromatic hydroxyl groups is 1. The zero-order chi connectivity index (χ0) is 12.7. The Labute approximate surface area is 111 Å². The molecule has 1 aliphatic rings. The first kappa shape index (κ1) is 11.4. The molecule has 1 aliphatic heterocycles. The van der Waals surface area contributed by atoms with Gasteiger partial charge in [0.15, 0.2) is 0 Å². The number of hydrogen-bond donors (Lipinski definition) is 1. The number of fused-ring (bicyclic) bond motifs is 1. The van der Waals surface area contributed by atoms with Gasteiger partial charge in [0.25, 0.3) is 0 Å². The number of hydrogen-bond acceptors (Lipinski definition) is 3. The second-order valence-electron chi connectivity index (χ2n) is 4.53. The molecule has 0 atom stereocenters. The van der Waals surface area contributed by atoms with E-state index in [-0.39, 0.29) is 0 Å². The van der Waals surface area contributed by atoms with Crippen molar-refractivity contribution < 1.29 is 5.11 Å². The van der Waals surface area contributed by atoms with E-state index in [1.807, 2.05) is 37.4 Å². The van der Waals surface area contributed by atoms with E-state index in [0.717, 1.165) is 28.4 Å². The molecule has 3 nitrogen and oxygen atoms in total. The molecule has 0 spiro atoms. The molecule has 1 aromatic carbocycles. The van der Waals surface area contributed by atoms with Gasteiger partial charge in [-0.15, -0.1) is 0 Å². The van der Waals surface area contributed by atoms with Crippen molar-refractivity contribution in [2.24, 2.45) is 0 Å². The van der Waals surface area contributed by atoms with E-state index < -0.39 is 0 Å². The molecule has 1 aromatic heterocycles. The monoisotopic (exact) mass is 260 g/mol. The van der Waals surface area contributed by atoms with Crippen molar-refractivity contribution in [3.05, 3.63) is 52.3 Å². The van der Waals surface area contributed by atoms with Crippen molar-refractivity contribution >= 4 is 17.3 Å². The van der Waals surface area contributed by atoms with Gasteiger partial charge in [0.2, 0.25) is 0 Å². The Balaban J connectivity index is 1.93. The summed E-state index contributed by atoms with van der Waals surface area (Å²) in [5, 5.41) is 10.7. The van der Waals surface area contributed by atoms with Crippen LogP contribution in [0.5, 0.6) is 5.75 Å². The van der Waals surface area contributed by atoms with E-state index in [9.17, 15) is 5.11 Å². The fourth-order valence-electron chi connectivity index (χ4n) is 2.28. The van der Waals surface area contributed by atoms with Gasteiger partial charge in [-0.2, -0.15) is 0 Å². The molecule has 0 radical (unpaired) electrons. The number of rotatable bonds is 1. The summed E-state index contributed by atoms with van der Waals surface area (Å²) < 4.78 is 0. The SMILES string of the molecule is Cc1ncc2c(c1O)CN(c1ccc(Cl)cc1)C2. The van der Waals surface area contributed by atoms with Gasteiger partial charge in [-0.3, -0.25) is 4.98 Å². The van der Waals surface area contributed by atoms with Crippen molar-refractivity contribution in [2.75, 3.05) is 4.90 Å². The number of pyridine rings is 1. The average Bonchev–Trinajstić information content (AvgIpc) is 2.80. The zero-order valence-electron chi connectivity index (χ0n) is 10.0. The van der Waals surface area contributed by atoms with Gasteiger partial charge < -0.3 is 10.0 Å². The minimum Gasteiger partial charge on any atom is -0.506 e. The summed E-state index contributed by atoms with van der Waals surface area (Å²) >= 11 is 5.88. The van der Waals surface area contributed by atoms with Crippen LogP contribution in [0.25, 0.3) is 0 Å². The Kier molecular flexibility index (Phi) is 2.63. The number of aromatic nitrogens is 1. The van der Waals surface area contributed by atoms with E-state index in [1.54, 1.807) is 0 Å². The first-order valence-corrected chi connectivity index (χ1v) is 6.20. The summed E-state index contributed by atoms with van der Waals surface area (Å²) in [7, 11) is 0. The van der Waals surface area contributed by atoms with Gasteiger partial charge in [-0.25, -0.2) is 0 Å². The van der Waals surface area contributed by atoms with Crippen LogP contribution < -0.4 is 4.90 Å². The van der Waals surface area contributed by atoms with Crippen LogP contribution in [0.15, 0.2) is 30.5 Å². The fourth-order valence-corrected chi connectivity index (χ4v) is 2.41. The normalized spacial score (nSPS) is 13.8. The molecule has 0 saturated carbocycles. The Morgan fingerprint density at radius 1 is 1.22 bits per heavy atom. The van der Waals surface area contributed by atoms with Crippen molar-refractivity contribution in [2.45, 2.75) is 20.0 Å². The van der Waals surface area contributed by atoms with Crippen molar-refractivity contribution in [1.29, 1.82) is 0 Å². The number of nitrogens with zero attached hydrogens (tertiary/aromatic N) is 2. The van der Waals surface area contributed by atoms with Crippen LogP contribution in [0.2, 0.25) is 5.02 Å². The molecule has 0 fully saturated rings. The molecule has 2 aromatic rings. The van der Waals surface area contributed by atoms with Crippen molar-refractivity contribution in [3.63, 3.8) is 0 Å². The maximum Gasteiger partial charge on any atom is 0.142 e. The molecule has 3 rings (SSSR count). The van der Waals surface area contributed by atoms with Gasteiger partial charge in [-0.1, -0.05) is 11.6 Å². The number of halogens is 1. The van der Waals surface area contributed by atoms with Gasteiger partial charge in [0.05, 0.1) is 5.69 Å². The highest BCUT2D eigenvalue weighted by Crippen LogP contribution is 2.34. The predicted molar refractivity (Wildman–Crippen MR) is 72.0 cm³/mol. The lowest BCUT2D eigenvalue weighted by molar-refractivity contribution is 0.461. The van der Waals surface area contributed by atoms with Crippen LogP contribution in [-0.4, -0.2) is 10.1 Å². The average molecular weight is 261 g/mol. The summed E-state index contributed by atoms with van der Waals surface area (Å²) in [6, 6.07) is 7.74. The standard InChI is InChI=1S/C14H13ClN2O/c1-9-14(18)13-8-17(7-10(13)6-16-9)12-4-2-11(15)3-5-12/h2-6,18H,7-8H2,1H3. The first-order chi connectivity index (χ1) is 8.65. The molecule has 0 aliphatic carbocycles. The Morgan fingerprint density at radius 3 is 2.67 bits per heavy atom. The van der Waals surface area contributed by atoms with Gasteiger partial charge in [0.1, 0.15) is 5.75 Å². The lowest BCUT2D eigenvalue weighted by Crippen LogP contribution is -2.14. The molecule has 4 heteroatoms. The third-order valence-corrected chi connectivity index (χ3v) is 3.58. The molecule has 92 valence electrons. The molecule has 2 heterocycles. The second-order valence-corrected chi connectivity index (χ2v) is 4.96. The lowest BCUT2D eigenvalue weighted by Gasteiger charge is -2.17. The molecular weight excluding hydrogens is 248 g/mol. The summed E-state index contributed by atoms with van der Waals surface area (Å²) in [6.07, 6.45) is 1.85. The van der Waals surface area contributed by atoms with Gasteiger partial charge in [-0.05, 0) is 36.8 Å². The lowest BCUT2D eigenvalue weighted by atomic mass is 10.1. The second kappa shape index (κ2) is 4.18. The Hall–Kier alpha value is -1.74. The van der Waals surface area contributed by atoms with E-state index in [2.05, 4.69) is 9.88 Å². The van der Waals surface area contributed by atoms with E-state index in [1.165, 1.54) is 0 Å². The minimum atomic E-state index is 0.323. The van der Waals surface area contributed by atoms with Crippen LogP contribution in [0.1, 0.15) is 16.8 Å². The number of aryl methyl sites for hydroxylation is 1. The summed E-state index contributed by atoms with van der Waals surface area (Å²) in [6.45, 7) is 3.31. The van der Waals surface area contributed by atoms with Crippen LogP contribution in [-0.2, 0) is 13.1 Å². The van der Waals surface area contributed by atoms with Crippen LogP contribution in [0, 0.1) is 6.92 Å². The number of benzene rings is 1. The highest BCUT2D eigenvalue weighted by Gasteiger charge is 2.23. The third kappa shape index (κ3) is 1.81. The van der Waals surface area contributed by atoms with Crippen LogP contribution >= 0.6 is 11.6 Å². The van der Waals surface area contributed by atoms with Gasteiger partial charge in [0, 0.05) is 35.6 Å². The Bertz CT molecular complexity index is 595. The van der Waals surface area contributed by atoms with E-state index in [0.29, 0.717) is 18.0 Å². The van der Waals surface area contributed by atoms with Gasteiger partial charge >= 0.3 is 0 Å². The molecule has 1 N–H and O–H groups in total. The van der Waals surface area contributed by atoms with Crippen LogP contribution in [0.3, 0.4) is 0 Å². The van der Waals surface area contributed by atoms with Crippen LogP contribution in [0.4, 0.5) is 5.69 Å².